The molecule has 3 atom stereocenters. The normalized spacial score (nSPS) is 26.7. The number of aromatic nitrogens is 1. The summed E-state index contributed by atoms with van der Waals surface area (Å²) in [6.45, 7) is 9.95. The molecule has 3 unspecified atom stereocenters. The summed E-state index contributed by atoms with van der Waals surface area (Å²) in [5.74, 6) is 1.90. The quantitative estimate of drug-likeness (QED) is 0.915. The first-order chi connectivity index (χ1) is 12.0. The van der Waals surface area contributed by atoms with Crippen molar-refractivity contribution in [3.63, 3.8) is 0 Å². The molecule has 3 aliphatic heterocycles. The average molecular weight is 342 g/mol. The molecule has 2 fully saturated rings. The van der Waals surface area contributed by atoms with Gasteiger partial charge in [-0.05, 0) is 30.4 Å². The van der Waals surface area contributed by atoms with E-state index >= 15 is 0 Å². The summed E-state index contributed by atoms with van der Waals surface area (Å²) in [7, 11) is 0. The topological polar surface area (TPSA) is 48.5 Å². The second-order valence-corrected chi connectivity index (χ2v) is 8.27. The monoisotopic (exact) mass is 342 g/mol. The first kappa shape index (κ1) is 16.8. The molecule has 0 saturated carbocycles. The fourth-order valence-electron chi connectivity index (χ4n) is 4.46. The molecule has 4 rings (SSSR count). The number of anilines is 1. The Labute approximate surface area is 150 Å². The van der Waals surface area contributed by atoms with Gasteiger partial charge in [0.1, 0.15) is 5.82 Å². The van der Waals surface area contributed by atoms with Crippen LogP contribution in [-0.2, 0) is 17.8 Å². The number of hydrogen-bond donors (Lipinski definition) is 1. The van der Waals surface area contributed by atoms with Gasteiger partial charge in [0, 0.05) is 56.3 Å². The van der Waals surface area contributed by atoms with E-state index in [2.05, 4.69) is 36.2 Å². The molecule has 1 aromatic rings. The van der Waals surface area contributed by atoms with Crippen LogP contribution in [0.3, 0.4) is 0 Å². The van der Waals surface area contributed by atoms with Crippen LogP contribution >= 0.6 is 0 Å². The van der Waals surface area contributed by atoms with Gasteiger partial charge in [0.15, 0.2) is 0 Å². The Balaban J connectivity index is 1.51. The maximum atomic E-state index is 12.6. The van der Waals surface area contributed by atoms with Crippen LogP contribution in [0, 0.1) is 11.8 Å². The van der Waals surface area contributed by atoms with E-state index in [1.165, 1.54) is 24.1 Å². The van der Waals surface area contributed by atoms with Gasteiger partial charge in [0.05, 0.1) is 0 Å². The summed E-state index contributed by atoms with van der Waals surface area (Å²) in [5.41, 5.74) is 2.42. The van der Waals surface area contributed by atoms with Gasteiger partial charge in [0.25, 0.3) is 0 Å². The van der Waals surface area contributed by atoms with E-state index in [1.54, 1.807) is 0 Å². The predicted octanol–water partition coefficient (Wildman–Crippen LogP) is 2.20. The van der Waals surface area contributed by atoms with Crippen LogP contribution < -0.4 is 10.2 Å². The van der Waals surface area contributed by atoms with E-state index in [0.29, 0.717) is 24.5 Å². The van der Waals surface area contributed by atoms with E-state index in [-0.39, 0.29) is 11.8 Å². The van der Waals surface area contributed by atoms with Crippen LogP contribution in [0.2, 0.25) is 0 Å². The maximum absolute atomic E-state index is 12.6. The molecule has 2 saturated heterocycles. The Morgan fingerprint density at radius 2 is 1.92 bits per heavy atom. The summed E-state index contributed by atoms with van der Waals surface area (Å²) in [6, 6.07) is 5.57. The number of carbonyl (C=O) groups excluding carboxylic acids is 1. The lowest BCUT2D eigenvalue weighted by Crippen LogP contribution is -2.52. The van der Waals surface area contributed by atoms with Gasteiger partial charge in [-0.25, -0.2) is 4.98 Å². The first-order valence-corrected chi connectivity index (χ1v) is 9.81. The first-order valence-electron chi connectivity index (χ1n) is 9.81. The highest BCUT2D eigenvalue weighted by Gasteiger charge is 2.37. The zero-order chi connectivity index (χ0) is 17.6. The molecule has 136 valence electrons. The molecule has 25 heavy (non-hydrogen) atoms. The van der Waals surface area contributed by atoms with E-state index in [9.17, 15) is 4.79 Å². The van der Waals surface area contributed by atoms with Crippen molar-refractivity contribution >= 4 is 11.7 Å². The Hall–Kier alpha value is -1.62. The lowest BCUT2D eigenvalue weighted by Gasteiger charge is -2.37. The molecular formula is C20H30N4O. The van der Waals surface area contributed by atoms with Crippen LogP contribution in [0.25, 0.3) is 0 Å². The van der Waals surface area contributed by atoms with E-state index in [1.807, 2.05) is 11.8 Å². The van der Waals surface area contributed by atoms with E-state index < -0.39 is 0 Å². The van der Waals surface area contributed by atoms with Crippen molar-refractivity contribution in [3.8, 4) is 0 Å². The fourth-order valence-corrected chi connectivity index (χ4v) is 4.46. The van der Waals surface area contributed by atoms with Gasteiger partial charge in [-0.3, -0.25) is 4.79 Å². The number of nitrogens with zero attached hydrogens (tertiary/aromatic N) is 3. The van der Waals surface area contributed by atoms with Gasteiger partial charge >= 0.3 is 0 Å². The molecule has 2 bridgehead atoms. The van der Waals surface area contributed by atoms with Crippen LogP contribution in [0.4, 0.5) is 5.82 Å². The molecule has 5 nitrogen and oxygen atoms in total. The second kappa shape index (κ2) is 6.60. The minimum atomic E-state index is 0.0882. The van der Waals surface area contributed by atoms with E-state index in [0.717, 1.165) is 31.9 Å². The lowest BCUT2D eigenvalue weighted by atomic mass is 9.95. The highest BCUT2D eigenvalue weighted by molar-refractivity contribution is 5.79. The molecule has 0 radical (unpaired) electrons. The summed E-state index contributed by atoms with van der Waals surface area (Å²) < 4.78 is 0. The summed E-state index contributed by atoms with van der Waals surface area (Å²) in [4.78, 5) is 22.2. The zero-order valence-corrected chi connectivity index (χ0v) is 15.7. The van der Waals surface area contributed by atoms with Gasteiger partial charge in [-0.15, -0.1) is 0 Å². The van der Waals surface area contributed by atoms with E-state index in [4.69, 9.17) is 4.98 Å². The van der Waals surface area contributed by atoms with Crippen molar-refractivity contribution in [1.29, 1.82) is 0 Å². The Morgan fingerprint density at radius 3 is 2.60 bits per heavy atom. The number of nitrogens with one attached hydrogen (secondary N) is 1. The van der Waals surface area contributed by atoms with Crippen LogP contribution in [0.1, 0.15) is 44.9 Å². The summed E-state index contributed by atoms with van der Waals surface area (Å²) in [6.07, 6.45) is 3.42. The van der Waals surface area contributed by atoms with Gasteiger partial charge in [-0.1, -0.05) is 26.8 Å². The van der Waals surface area contributed by atoms with Gasteiger partial charge in [0.2, 0.25) is 5.91 Å². The minimum absolute atomic E-state index is 0.0882. The number of hydrogen-bond acceptors (Lipinski definition) is 4. The van der Waals surface area contributed by atoms with Crippen LogP contribution in [-0.4, -0.2) is 47.5 Å². The molecule has 0 aliphatic carbocycles. The number of carbonyl (C=O) groups is 1. The third-order valence-electron chi connectivity index (χ3n) is 6.38. The lowest BCUT2D eigenvalue weighted by molar-refractivity contribution is -0.137. The van der Waals surface area contributed by atoms with Gasteiger partial charge < -0.3 is 15.1 Å². The highest BCUT2D eigenvalue weighted by Crippen LogP contribution is 2.32. The average Bonchev–Trinajstić information content (AvgIpc) is 2.88. The standard InChI is InChI=1S/C20H30N4O/c1-13(2)14(3)20(25)23-9-8-18-15(12-23)4-7-19(22-18)24-16-5-6-17(24)11-21-10-16/h4,7,13-14,16-17,21H,5-6,8-12H2,1-3H3. The Kier molecular flexibility index (Phi) is 4.44. The fraction of sp³-hybridized carbons (Fsp3) is 0.700. The van der Waals surface area contributed by atoms with Crippen molar-refractivity contribution in [1.82, 2.24) is 15.2 Å². The zero-order valence-electron chi connectivity index (χ0n) is 15.7. The number of fused-ring (bicyclic) bond motifs is 3. The number of amides is 1. The Morgan fingerprint density at radius 1 is 1.20 bits per heavy atom. The molecule has 1 amide bonds. The van der Waals surface area contributed by atoms with Crippen molar-refractivity contribution < 1.29 is 4.79 Å². The molecule has 0 spiro atoms. The molecule has 0 aromatic carbocycles. The van der Waals surface area contributed by atoms with Crippen molar-refractivity contribution in [2.24, 2.45) is 11.8 Å². The van der Waals surface area contributed by atoms with Crippen molar-refractivity contribution in [2.45, 2.75) is 58.7 Å². The number of pyridine rings is 1. The summed E-state index contributed by atoms with van der Waals surface area (Å²) in [5, 5.41) is 3.53. The van der Waals surface area contributed by atoms with Gasteiger partial charge in [-0.2, -0.15) is 0 Å². The third kappa shape index (κ3) is 3.03. The highest BCUT2D eigenvalue weighted by atomic mass is 16.2. The third-order valence-corrected chi connectivity index (χ3v) is 6.38. The molecule has 5 heteroatoms. The predicted molar refractivity (Wildman–Crippen MR) is 99.5 cm³/mol. The second-order valence-electron chi connectivity index (χ2n) is 8.27. The number of piperazine rings is 1. The maximum Gasteiger partial charge on any atom is 0.225 e. The van der Waals surface area contributed by atoms with Crippen LogP contribution in [0.15, 0.2) is 12.1 Å². The number of rotatable bonds is 3. The summed E-state index contributed by atoms with van der Waals surface area (Å²) >= 11 is 0. The largest absolute Gasteiger partial charge is 0.348 e. The molecule has 3 aliphatic rings. The van der Waals surface area contributed by atoms with Crippen LogP contribution in [0.5, 0.6) is 0 Å². The van der Waals surface area contributed by atoms with Crippen molar-refractivity contribution in [3.05, 3.63) is 23.4 Å². The molecule has 1 aromatic heterocycles. The van der Waals surface area contributed by atoms with Crippen molar-refractivity contribution in [2.75, 3.05) is 24.5 Å². The minimum Gasteiger partial charge on any atom is -0.348 e. The Bertz CT molecular complexity index is 643. The SMILES string of the molecule is CC(C)C(C)C(=O)N1CCc2nc(N3C4CCC3CNC4)ccc2C1. The smallest absolute Gasteiger partial charge is 0.225 e. The molecule has 4 heterocycles. The molecular weight excluding hydrogens is 312 g/mol. The molecule has 1 N–H and O–H groups in total.